The average Bonchev–Trinajstić information content (AvgIpc) is 2.72. The lowest BCUT2D eigenvalue weighted by Gasteiger charge is -2.32. The number of hydrogen-bond donors (Lipinski definition) is 2. The molecule has 0 aromatic carbocycles. The normalized spacial score (nSPS) is 31.8. The van der Waals surface area contributed by atoms with Crippen LogP contribution in [0.15, 0.2) is 0 Å². The molecule has 4 heteroatoms. The van der Waals surface area contributed by atoms with Crippen LogP contribution in [-0.2, 0) is 0 Å². The Hall–Kier alpha value is -0.770. The van der Waals surface area contributed by atoms with E-state index in [1.54, 1.807) is 0 Å². The van der Waals surface area contributed by atoms with Crippen LogP contribution < -0.4 is 10.6 Å². The van der Waals surface area contributed by atoms with Crippen molar-refractivity contribution in [1.29, 1.82) is 0 Å². The summed E-state index contributed by atoms with van der Waals surface area (Å²) in [5.74, 6) is 1.36. The molecule has 2 rings (SSSR count). The van der Waals surface area contributed by atoms with E-state index in [1.165, 1.54) is 6.42 Å². The summed E-state index contributed by atoms with van der Waals surface area (Å²) in [6.45, 7) is 7.14. The van der Waals surface area contributed by atoms with Gasteiger partial charge in [-0.05, 0) is 37.8 Å². The van der Waals surface area contributed by atoms with Crippen molar-refractivity contribution in [3.05, 3.63) is 0 Å². The Kier molecular flexibility index (Phi) is 3.46. The fourth-order valence-electron chi connectivity index (χ4n) is 2.39. The van der Waals surface area contributed by atoms with Crippen LogP contribution in [0.1, 0.15) is 19.8 Å². The van der Waals surface area contributed by atoms with Crippen LogP contribution in [-0.4, -0.2) is 43.7 Å². The maximum Gasteiger partial charge on any atom is 0.317 e. The summed E-state index contributed by atoms with van der Waals surface area (Å²) in [7, 11) is 0. The first-order valence-electron chi connectivity index (χ1n) is 5.99. The topological polar surface area (TPSA) is 44.4 Å². The number of urea groups is 1. The van der Waals surface area contributed by atoms with Crippen LogP contribution in [0.5, 0.6) is 0 Å². The minimum absolute atomic E-state index is 0.124. The molecule has 0 aromatic heterocycles. The monoisotopic (exact) mass is 211 g/mol. The molecule has 0 saturated carbocycles. The van der Waals surface area contributed by atoms with Gasteiger partial charge in [-0.3, -0.25) is 0 Å². The molecule has 2 saturated heterocycles. The first-order valence-corrected chi connectivity index (χ1v) is 5.99. The van der Waals surface area contributed by atoms with Crippen LogP contribution in [0.3, 0.4) is 0 Å². The van der Waals surface area contributed by atoms with Gasteiger partial charge in [0.2, 0.25) is 0 Å². The molecule has 2 N–H and O–H groups in total. The molecule has 2 atom stereocenters. The van der Waals surface area contributed by atoms with Crippen LogP contribution in [0.25, 0.3) is 0 Å². The number of hydrogen-bond acceptors (Lipinski definition) is 2. The van der Waals surface area contributed by atoms with Crippen LogP contribution in [0.4, 0.5) is 4.79 Å². The van der Waals surface area contributed by atoms with Crippen molar-refractivity contribution in [3.8, 4) is 0 Å². The van der Waals surface area contributed by atoms with Gasteiger partial charge in [0.25, 0.3) is 0 Å². The van der Waals surface area contributed by atoms with Gasteiger partial charge in [-0.15, -0.1) is 0 Å². The van der Waals surface area contributed by atoms with Crippen LogP contribution in [0, 0.1) is 11.8 Å². The van der Waals surface area contributed by atoms with E-state index in [4.69, 9.17) is 0 Å². The third-order valence-electron chi connectivity index (χ3n) is 3.39. The summed E-state index contributed by atoms with van der Waals surface area (Å²) in [6.07, 6.45) is 2.41. The second-order valence-corrected chi connectivity index (χ2v) is 4.88. The highest BCUT2D eigenvalue weighted by atomic mass is 16.2. The minimum atomic E-state index is 0.124. The number of amides is 2. The van der Waals surface area contributed by atoms with Gasteiger partial charge in [-0.1, -0.05) is 6.92 Å². The van der Waals surface area contributed by atoms with Gasteiger partial charge in [0.05, 0.1) is 0 Å². The molecule has 2 unspecified atom stereocenters. The average molecular weight is 211 g/mol. The highest BCUT2D eigenvalue weighted by Crippen LogP contribution is 2.14. The van der Waals surface area contributed by atoms with E-state index in [2.05, 4.69) is 17.6 Å². The molecule has 0 aliphatic carbocycles. The van der Waals surface area contributed by atoms with Crippen LogP contribution >= 0.6 is 0 Å². The second-order valence-electron chi connectivity index (χ2n) is 4.88. The van der Waals surface area contributed by atoms with E-state index in [0.29, 0.717) is 5.92 Å². The Labute approximate surface area is 91.4 Å². The summed E-state index contributed by atoms with van der Waals surface area (Å²) in [6, 6.07) is 0.124. The predicted octanol–water partition coefficient (Wildman–Crippen LogP) is 0.647. The van der Waals surface area contributed by atoms with Gasteiger partial charge < -0.3 is 15.5 Å². The van der Waals surface area contributed by atoms with Gasteiger partial charge in [-0.2, -0.15) is 0 Å². The Balaban J connectivity index is 1.74. The third kappa shape index (κ3) is 2.84. The van der Waals surface area contributed by atoms with Crippen molar-refractivity contribution in [2.45, 2.75) is 19.8 Å². The molecule has 0 radical (unpaired) electrons. The second kappa shape index (κ2) is 4.84. The maximum atomic E-state index is 11.5. The number of nitrogens with one attached hydrogen (secondary N) is 2. The molecule has 0 aromatic rings. The number of nitrogens with zero attached hydrogens (tertiary/aromatic N) is 1. The lowest BCUT2D eigenvalue weighted by atomic mass is 10.0. The molecule has 4 nitrogen and oxygen atoms in total. The Morgan fingerprint density at radius 2 is 2.33 bits per heavy atom. The molecule has 2 heterocycles. The molecule has 2 aliphatic heterocycles. The standard InChI is InChI=1S/C11H21N3O/c1-9-6-13-11(15)14(8-9)5-3-10-2-4-12-7-10/h9-10,12H,2-8H2,1H3,(H,13,15). The van der Waals surface area contributed by atoms with Crippen molar-refractivity contribution in [1.82, 2.24) is 15.5 Å². The highest BCUT2D eigenvalue weighted by molar-refractivity contribution is 5.74. The lowest BCUT2D eigenvalue weighted by molar-refractivity contribution is 0.167. The van der Waals surface area contributed by atoms with Gasteiger partial charge in [0.1, 0.15) is 0 Å². The fourth-order valence-corrected chi connectivity index (χ4v) is 2.39. The van der Waals surface area contributed by atoms with E-state index in [0.717, 1.165) is 45.1 Å². The number of rotatable bonds is 3. The Morgan fingerprint density at radius 3 is 3.07 bits per heavy atom. The van der Waals surface area contributed by atoms with Crippen molar-refractivity contribution in [2.24, 2.45) is 11.8 Å². The van der Waals surface area contributed by atoms with Crippen LogP contribution in [0.2, 0.25) is 0 Å². The maximum absolute atomic E-state index is 11.5. The molecule has 2 amide bonds. The lowest BCUT2D eigenvalue weighted by Crippen LogP contribution is -2.50. The smallest absolute Gasteiger partial charge is 0.317 e. The molecular weight excluding hydrogens is 190 g/mol. The zero-order valence-electron chi connectivity index (χ0n) is 9.46. The fraction of sp³-hybridized carbons (Fsp3) is 0.909. The largest absolute Gasteiger partial charge is 0.338 e. The van der Waals surface area contributed by atoms with Crippen molar-refractivity contribution in [3.63, 3.8) is 0 Å². The highest BCUT2D eigenvalue weighted by Gasteiger charge is 2.23. The summed E-state index contributed by atoms with van der Waals surface area (Å²) < 4.78 is 0. The first-order chi connectivity index (χ1) is 7.25. The Bertz CT molecular complexity index is 226. The number of carbonyl (C=O) groups is 1. The summed E-state index contributed by atoms with van der Waals surface area (Å²) in [5.41, 5.74) is 0. The first kappa shape index (κ1) is 10.7. The molecule has 15 heavy (non-hydrogen) atoms. The predicted molar refractivity (Wildman–Crippen MR) is 59.7 cm³/mol. The van der Waals surface area contributed by atoms with E-state index in [9.17, 15) is 4.79 Å². The summed E-state index contributed by atoms with van der Waals surface area (Å²) in [5, 5.41) is 6.29. The van der Waals surface area contributed by atoms with Gasteiger partial charge >= 0.3 is 6.03 Å². The van der Waals surface area contributed by atoms with Gasteiger partial charge in [-0.25, -0.2) is 4.79 Å². The molecule has 0 spiro atoms. The van der Waals surface area contributed by atoms with E-state index < -0.39 is 0 Å². The zero-order chi connectivity index (χ0) is 10.7. The van der Waals surface area contributed by atoms with E-state index in [-0.39, 0.29) is 6.03 Å². The van der Waals surface area contributed by atoms with Gasteiger partial charge in [0.15, 0.2) is 0 Å². The minimum Gasteiger partial charge on any atom is -0.338 e. The van der Waals surface area contributed by atoms with E-state index in [1.807, 2.05) is 4.90 Å². The molecule has 86 valence electrons. The molecule has 2 aliphatic rings. The van der Waals surface area contributed by atoms with Crippen molar-refractivity contribution >= 4 is 6.03 Å². The van der Waals surface area contributed by atoms with Crippen molar-refractivity contribution in [2.75, 3.05) is 32.7 Å². The van der Waals surface area contributed by atoms with Gasteiger partial charge in [0, 0.05) is 19.6 Å². The zero-order valence-corrected chi connectivity index (χ0v) is 9.46. The van der Waals surface area contributed by atoms with E-state index >= 15 is 0 Å². The quantitative estimate of drug-likeness (QED) is 0.720. The number of carbonyl (C=O) groups excluding carboxylic acids is 1. The summed E-state index contributed by atoms with van der Waals surface area (Å²) in [4.78, 5) is 13.5. The molecular formula is C11H21N3O. The SMILES string of the molecule is CC1CNC(=O)N(CCC2CCNC2)C1. The summed E-state index contributed by atoms with van der Waals surface area (Å²) >= 11 is 0. The Morgan fingerprint density at radius 1 is 1.47 bits per heavy atom. The third-order valence-corrected chi connectivity index (χ3v) is 3.39. The van der Waals surface area contributed by atoms with Crippen molar-refractivity contribution < 1.29 is 4.79 Å². The molecule has 2 fully saturated rings. The molecule has 0 bridgehead atoms.